The summed E-state index contributed by atoms with van der Waals surface area (Å²) >= 11 is 0. The SMILES string of the molecule is CC(C)c1ccc(C(=O)N2CCCC3(C2)OCCO3)cc1. The van der Waals surface area contributed by atoms with E-state index in [9.17, 15) is 4.79 Å². The van der Waals surface area contributed by atoms with Crippen LogP contribution in [0, 0.1) is 0 Å². The van der Waals surface area contributed by atoms with Gasteiger partial charge in [-0.2, -0.15) is 0 Å². The number of hydrogen-bond donors (Lipinski definition) is 0. The quantitative estimate of drug-likeness (QED) is 0.840. The largest absolute Gasteiger partial charge is 0.346 e. The molecule has 2 heterocycles. The van der Waals surface area contributed by atoms with Crippen LogP contribution in [0.4, 0.5) is 0 Å². The van der Waals surface area contributed by atoms with Gasteiger partial charge in [0.2, 0.25) is 0 Å². The van der Waals surface area contributed by atoms with E-state index in [0.29, 0.717) is 25.7 Å². The maximum absolute atomic E-state index is 12.6. The molecule has 1 amide bonds. The summed E-state index contributed by atoms with van der Waals surface area (Å²) in [7, 11) is 0. The molecule has 1 spiro atoms. The van der Waals surface area contributed by atoms with Gasteiger partial charge in [-0.15, -0.1) is 0 Å². The first-order chi connectivity index (χ1) is 10.1. The van der Waals surface area contributed by atoms with E-state index in [2.05, 4.69) is 13.8 Å². The van der Waals surface area contributed by atoms with Crippen molar-refractivity contribution in [2.24, 2.45) is 0 Å². The van der Waals surface area contributed by atoms with Crippen molar-refractivity contribution in [1.29, 1.82) is 0 Å². The molecule has 1 aromatic rings. The van der Waals surface area contributed by atoms with Gasteiger partial charge < -0.3 is 14.4 Å². The molecule has 0 N–H and O–H groups in total. The van der Waals surface area contributed by atoms with E-state index >= 15 is 0 Å². The maximum atomic E-state index is 12.6. The number of piperidine rings is 1. The van der Waals surface area contributed by atoms with E-state index in [-0.39, 0.29) is 5.91 Å². The summed E-state index contributed by atoms with van der Waals surface area (Å²) < 4.78 is 11.5. The Morgan fingerprint density at radius 1 is 1.19 bits per heavy atom. The molecule has 2 aliphatic heterocycles. The Hall–Kier alpha value is -1.39. The first kappa shape index (κ1) is 14.5. The Balaban J connectivity index is 1.72. The van der Waals surface area contributed by atoms with E-state index in [1.807, 2.05) is 29.2 Å². The lowest BCUT2D eigenvalue weighted by Crippen LogP contribution is -2.51. The van der Waals surface area contributed by atoms with Crippen molar-refractivity contribution >= 4 is 5.91 Å². The third-order valence-electron chi connectivity index (χ3n) is 4.34. The van der Waals surface area contributed by atoms with Crippen molar-refractivity contribution in [3.63, 3.8) is 0 Å². The minimum Gasteiger partial charge on any atom is -0.346 e. The van der Waals surface area contributed by atoms with Crippen molar-refractivity contribution in [2.45, 2.75) is 38.4 Å². The van der Waals surface area contributed by atoms with Gasteiger partial charge in [-0.1, -0.05) is 26.0 Å². The zero-order valence-electron chi connectivity index (χ0n) is 12.8. The molecular formula is C17H23NO3. The molecule has 1 aromatic carbocycles. The minimum atomic E-state index is -0.550. The highest BCUT2D eigenvalue weighted by Gasteiger charge is 2.42. The number of benzene rings is 1. The monoisotopic (exact) mass is 289 g/mol. The lowest BCUT2D eigenvalue weighted by molar-refractivity contribution is -0.183. The van der Waals surface area contributed by atoms with Gasteiger partial charge in [0.05, 0.1) is 19.8 Å². The zero-order chi connectivity index (χ0) is 14.9. The average molecular weight is 289 g/mol. The van der Waals surface area contributed by atoms with Gasteiger partial charge in [-0.05, 0) is 30.0 Å². The molecule has 0 unspecified atom stereocenters. The first-order valence-corrected chi connectivity index (χ1v) is 7.77. The summed E-state index contributed by atoms with van der Waals surface area (Å²) in [6, 6.07) is 7.94. The second-order valence-corrected chi connectivity index (χ2v) is 6.21. The summed E-state index contributed by atoms with van der Waals surface area (Å²) in [5.41, 5.74) is 2.00. The Labute approximate surface area is 126 Å². The van der Waals surface area contributed by atoms with Gasteiger partial charge in [0.25, 0.3) is 5.91 Å². The summed E-state index contributed by atoms with van der Waals surface area (Å²) in [6.07, 6.45) is 1.80. The van der Waals surface area contributed by atoms with Gasteiger partial charge in [-0.3, -0.25) is 4.79 Å². The zero-order valence-corrected chi connectivity index (χ0v) is 12.8. The average Bonchev–Trinajstić information content (AvgIpc) is 2.94. The molecular weight excluding hydrogens is 266 g/mol. The van der Waals surface area contributed by atoms with Crippen LogP contribution in [0.25, 0.3) is 0 Å². The molecule has 21 heavy (non-hydrogen) atoms. The number of ether oxygens (including phenoxy) is 2. The van der Waals surface area contributed by atoms with Gasteiger partial charge >= 0.3 is 0 Å². The second kappa shape index (κ2) is 5.78. The number of amides is 1. The molecule has 4 nitrogen and oxygen atoms in total. The van der Waals surface area contributed by atoms with Crippen LogP contribution >= 0.6 is 0 Å². The van der Waals surface area contributed by atoms with Crippen molar-refractivity contribution in [3.8, 4) is 0 Å². The fraction of sp³-hybridized carbons (Fsp3) is 0.588. The smallest absolute Gasteiger partial charge is 0.254 e. The molecule has 0 atom stereocenters. The number of hydrogen-bond acceptors (Lipinski definition) is 3. The van der Waals surface area contributed by atoms with E-state index in [1.165, 1.54) is 5.56 Å². The Morgan fingerprint density at radius 3 is 2.48 bits per heavy atom. The predicted octanol–water partition coefficient (Wildman–Crippen LogP) is 2.79. The van der Waals surface area contributed by atoms with Crippen LogP contribution < -0.4 is 0 Å². The lowest BCUT2D eigenvalue weighted by atomic mass is 10.00. The topological polar surface area (TPSA) is 38.8 Å². The van der Waals surface area contributed by atoms with Crippen LogP contribution in [0.1, 0.15) is 48.5 Å². The molecule has 0 bridgehead atoms. The van der Waals surface area contributed by atoms with E-state index in [1.54, 1.807) is 0 Å². The summed E-state index contributed by atoms with van der Waals surface area (Å²) in [6.45, 7) is 6.88. The predicted molar refractivity (Wildman–Crippen MR) is 80.3 cm³/mol. The Bertz CT molecular complexity index is 503. The van der Waals surface area contributed by atoms with Crippen molar-refractivity contribution in [1.82, 2.24) is 4.90 Å². The standard InChI is InChI=1S/C17H23NO3/c1-13(2)14-4-6-15(7-5-14)16(19)18-9-3-8-17(12-18)20-10-11-21-17/h4-7,13H,3,8-12H2,1-2H3. The highest BCUT2D eigenvalue weighted by atomic mass is 16.7. The van der Waals surface area contributed by atoms with Crippen LogP contribution in [0.15, 0.2) is 24.3 Å². The molecule has 0 aliphatic carbocycles. The van der Waals surface area contributed by atoms with Gasteiger partial charge in [0, 0.05) is 18.5 Å². The van der Waals surface area contributed by atoms with Gasteiger partial charge in [0.15, 0.2) is 5.79 Å². The lowest BCUT2D eigenvalue weighted by Gasteiger charge is -2.38. The third-order valence-corrected chi connectivity index (χ3v) is 4.34. The molecule has 2 fully saturated rings. The highest BCUT2D eigenvalue weighted by molar-refractivity contribution is 5.94. The van der Waals surface area contributed by atoms with Crippen LogP contribution in [0.3, 0.4) is 0 Å². The summed E-state index contributed by atoms with van der Waals surface area (Å²) in [4.78, 5) is 14.5. The second-order valence-electron chi connectivity index (χ2n) is 6.21. The van der Waals surface area contributed by atoms with E-state index < -0.39 is 5.79 Å². The fourth-order valence-corrected chi connectivity index (χ4v) is 3.09. The first-order valence-electron chi connectivity index (χ1n) is 7.77. The number of carbonyl (C=O) groups is 1. The minimum absolute atomic E-state index is 0.0727. The summed E-state index contributed by atoms with van der Waals surface area (Å²) in [5, 5.41) is 0. The Morgan fingerprint density at radius 2 is 1.86 bits per heavy atom. The van der Waals surface area contributed by atoms with E-state index in [4.69, 9.17) is 9.47 Å². The number of likely N-dealkylation sites (tertiary alicyclic amines) is 1. The number of nitrogens with zero attached hydrogens (tertiary/aromatic N) is 1. The van der Waals surface area contributed by atoms with Crippen LogP contribution in [-0.2, 0) is 9.47 Å². The molecule has 0 aromatic heterocycles. The van der Waals surface area contributed by atoms with Crippen molar-refractivity contribution in [3.05, 3.63) is 35.4 Å². The highest BCUT2D eigenvalue weighted by Crippen LogP contribution is 2.30. The van der Waals surface area contributed by atoms with Crippen LogP contribution in [0.5, 0.6) is 0 Å². The fourth-order valence-electron chi connectivity index (χ4n) is 3.09. The number of rotatable bonds is 2. The van der Waals surface area contributed by atoms with Gasteiger partial charge in [-0.25, -0.2) is 0 Å². The molecule has 2 aliphatic rings. The summed E-state index contributed by atoms with van der Waals surface area (Å²) in [5.74, 6) is 0.00220. The van der Waals surface area contributed by atoms with Gasteiger partial charge in [0.1, 0.15) is 0 Å². The number of carbonyl (C=O) groups excluding carboxylic acids is 1. The van der Waals surface area contributed by atoms with Crippen LogP contribution in [0.2, 0.25) is 0 Å². The molecule has 4 heteroatoms. The van der Waals surface area contributed by atoms with Crippen LogP contribution in [-0.4, -0.2) is 42.9 Å². The van der Waals surface area contributed by atoms with Crippen molar-refractivity contribution in [2.75, 3.05) is 26.3 Å². The molecule has 0 saturated carbocycles. The third kappa shape index (κ3) is 2.97. The van der Waals surface area contributed by atoms with Crippen molar-refractivity contribution < 1.29 is 14.3 Å². The molecule has 3 rings (SSSR count). The molecule has 114 valence electrons. The molecule has 0 radical (unpaired) electrons. The Kier molecular flexibility index (Phi) is 4.00. The maximum Gasteiger partial charge on any atom is 0.254 e. The normalized spacial score (nSPS) is 21.2. The molecule has 2 saturated heterocycles. The van der Waals surface area contributed by atoms with E-state index in [0.717, 1.165) is 24.9 Å².